The highest BCUT2D eigenvalue weighted by Gasteiger charge is 2.14. The molecule has 0 aliphatic rings. The van der Waals surface area contributed by atoms with E-state index in [0.717, 1.165) is 13.0 Å². The Morgan fingerprint density at radius 1 is 1.40 bits per heavy atom. The third-order valence-corrected chi connectivity index (χ3v) is 2.33. The first kappa shape index (κ1) is 14.6. The molecule has 0 radical (unpaired) electrons. The standard InChI is InChI=1S/C12H25NO2/c1-10(7-9-15-5)11(14)6-8-13-12(2,3)4/h10,13H,6-9H2,1-5H3. The minimum absolute atomic E-state index is 0.0933. The second-order valence-corrected chi connectivity index (χ2v) is 5.08. The van der Waals surface area contributed by atoms with E-state index in [1.165, 1.54) is 0 Å². The monoisotopic (exact) mass is 215 g/mol. The number of nitrogens with one attached hydrogen (secondary N) is 1. The highest BCUT2D eigenvalue weighted by molar-refractivity contribution is 5.80. The summed E-state index contributed by atoms with van der Waals surface area (Å²) in [4.78, 5) is 11.6. The molecule has 0 amide bonds. The Hall–Kier alpha value is -0.410. The molecular weight excluding hydrogens is 190 g/mol. The lowest BCUT2D eigenvalue weighted by Crippen LogP contribution is -2.37. The van der Waals surface area contributed by atoms with Crippen LogP contribution in [0.4, 0.5) is 0 Å². The molecule has 0 aromatic heterocycles. The van der Waals surface area contributed by atoms with Crippen LogP contribution >= 0.6 is 0 Å². The molecule has 3 heteroatoms. The van der Waals surface area contributed by atoms with E-state index in [2.05, 4.69) is 26.1 Å². The third-order valence-electron chi connectivity index (χ3n) is 2.33. The van der Waals surface area contributed by atoms with Crippen LogP contribution in [0.2, 0.25) is 0 Å². The molecule has 0 saturated carbocycles. The Labute approximate surface area is 93.6 Å². The average Bonchev–Trinajstić information content (AvgIpc) is 2.11. The molecule has 0 aromatic carbocycles. The van der Waals surface area contributed by atoms with E-state index in [-0.39, 0.29) is 11.5 Å². The van der Waals surface area contributed by atoms with Crippen molar-refractivity contribution in [2.45, 2.75) is 46.1 Å². The van der Waals surface area contributed by atoms with E-state index in [1.807, 2.05) is 6.92 Å². The first-order valence-electron chi connectivity index (χ1n) is 5.63. The van der Waals surface area contributed by atoms with Crippen LogP contribution in [0.25, 0.3) is 0 Å². The lowest BCUT2D eigenvalue weighted by atomic mass is 10.00. The average molecular weight is 215 g/mol. The molecule has 0 spiro atoms. The predicted octanol–water partition coefficient (Wildman–Crippen LogP) is 2.01. The van der Waals surface area contributed by atoms with Gasteiger partial charge in [-0.25, -0.2) is 0 Å². The van der Waals surface area contributed by atoms with E-state index in [0.29, 0.717) is 18.8 Å². The molecule has 0 fully saturated rings. The van der Waals surface area contributed by atoms with Crippen LogP contribution in [0.5, 0.6) is 0 Å². The van der Waals surface area contributed by atoms with E-state index >= 15 is 0 Å². The lowest BCUT2D eigenvalue weighted by molar-refractivity contribution is -0.122. The van der Waals surface area contributed by atoms with Gasteiger partial charge in [-0.15, -0.1) is 0 Å². The zero-order valence-corrected chi connectivity index (χ0v) is 10.7. The van der Waals surface area contributed by atoms with Crippen LogP contribution in [-0.4, -0.2) is 31.6 Å². The summed E-state index contributed by atoms with van der Waals surface area (Å²) in [7, 11) is 1.67. The summed E-state index contributed by atoms with van der Waals surface area (Å²) in [5.74, 6) is 0.440. The van der Waals surface area contributed by atoms with Crippen LogP contribution in [0.15, 0.2) is 0 Å². The number of carbonyl (C=O) groups is 1. The molecule has 0 heterocycles. The largest absolute Gasteiger partial charge is 0.385 e. The van der Waals surface area contributed by atoms with Crippen molar-refractivity contribution in [2.75, 3.05) is 20.3 Å². The number of carbonyl (C=O) groups excluding carboxylic acids is 1. The fourth-order valence-electron chi connectivity index (χ4n) is 1.26. The predicted molar refractivity (Wildman–Crippen MR) is 63.0 cm³/mol. The quantitative estimate of drug-likeness (QED) is 0.706. The van der Waals surface area contributed by atoms with Crippen LogP contribution in [-0.2, 0) is 9.53 Å². The van der Waals surface area contributed by atoms with Crippen molar-refractivity contribution in [2.24, 2.45) is 5.92 Å². The van der Waals surface area contributed by atoms with Gasteiger partial charge < -0.3 is 10.1 Å². The summed E-state index contributed by atoms with van der Waals surface area (Å²) in [6, 6.07) is 0. The van der Waals surface area contributed by atoms with Crippen LogP contribution in [0.3, 0.4) is 0 Å². The van der Waals surface area contributed by atoms with Gasteiger partial charge in [-0.1, -0.05) is 6.92 Å². The van der Waals surface area contributed by atoms with Crippen molar-refractivity contribution in [3.05, 3.63) is 0 Å². The van der Waals surface area contributed by atoms with Crippen molar-refractivity contribution in [1.29, 1.82) is 0 Å². The molecule has 1 N–H and O–H groups in total. The van der Waals surface area contributed by atoms with Gasteiger partial charge >= 0.3 is 0 Å². The number of rotatable bonds is 7. The Bertz CT molecular complexity index is 185. The lowest BCUT2D eigenvalue weighted by Gasteiger charge is -2.20. The molecule has 1 unspecified atom stereocenters. The van der Waals surface area contributed by atoms with Gasteiger partial charge in [0, 0.05) is 38.1 Å². The van der Waals surface area contributed by atoms with Crippen molar-refractivity contribution in [1.82, 2.24) is 5.32 Å². The highest BCUT2D eigenvalue weighted by atomic mass is 16.5. The number of ketones is 1. The molecule has 0 rings (SSSR count). The number of hydrogen-bond donors (Lipinski definition) is 1. The van der Waals surface area contributed by atoms with E-state index < -0.39 is 0 Å². The molecule has 3 nitrogen and oxygen atoms in total. The Balaban J connectivity index is 3.64. The number of Topliss-reactive ketones (excluding diaryl/α,β-unsaturated/α-hetero) is 1. The van der Waals surface area contributed by atoms with E-state index in [1.54, 1.807) is 7.11 Å². The fourth-order valence-corrected chi connectivity index (χ4v) is 1.26. The van der Waals surface area contributed by atoms with Crippen molar-refractivity contribution >= 4 is 5.78 Å². The fraction of sp³-hybridized carbons (Fsp3) is 0.917. The van der Waals surface area contributed by atoms with Crippen LogP contribution in [0.1, 0.15) is 40.5 Å². The second-order valence-electron chi connectivity index (χ2n) is 5.08. The first-order valence-corrected chi connectivity index (χ1v) is 5.63. The third kappa shape index (κ3) is 8.58. The summed E-state index contributed by atoms with van der Waals surface area (Å²) in [6.45, 7) is 9.71. The van der Waals surface area contributed by atoms with Gasteiger partial charge in [0.2, 0.25) is 0 Å². The van der Waals surface area contributed by atoms with Crippen molar-refractivity contribution in [3.63, 3.8) is 0 Å². The molecule has 1 atom stereocenters. The minimum Gasteiger partial charge on any atom is -0.385 e. The van der Waals surface area contributed by atoms with Gasteiger partial charge in [0.1, 0.15) is 5.78 Å². The van der Waals surface area contributed by atoms with Gasteiger partial charge in [-0.2, -0.15) is 0 Å². The van der Waals surface area contributed by atoms with Gasteiger partial charge in [-0.3, -0.25) is 4.79 Å². The molecule has 15 heavy (non-hydrogen) atoms. The number of methoxy groups -OCH3 is 1. The maximum Gasteiger partial charge on any atom is 0.137 e. The number of hydrogen-bond acceptors (Lipinski definition) is 3. The molecule has 0 saturated heterocycles. The maximum atomic E-state index is 11.6. The maximum absolute atomic E-state index is 11.6. The van der Waals surface area contributed by atoms with Crippen LogP contribution in [0, 0.1) is 5.92 Å². The van der Waals surface area contributed by atoms with E-state index in [4.69, 9.17) is 4.74 Å². The SMILES string of the molecule is COCCC(C)C(=O)CCNC(C)(C)C. The van der Waals surface area contributed by atoms with Crippen molar-refractivity contribution < 1.29 is 9.53 Å². The summed E-state index contributed by atoms with van der Waals surface area (Å²) in [5.41, 5.74) is 0.0933. The van der Waals surface area contributed by atoms with Gasteiger partial charge in [0.05, 0.1) is 0 Å². The summed E-state index contributed by atoms with van der Waals surface area (Å²) in [6.07, 6.45) is 1.44. The van der Waals surface area contributed by atoms with Gasteiger partial charge in [-0.05, 0) is 27.2 Å². The van der Waals surface area contributed by atoms with Crippen LogP contribution < -0.4 is 5.32 Å². The summed E-state index contributed by atoms with van der Waals surface area (Å²) in [5, 5.41) is 3.31. The Morgan fingerprint density at radius 2 is 2.00 bits per heavy atom. The van der Waals surface area contributed by atoms with Gasteiger partial charge in [0.25, 0.3) is 0 Å². The van der Waals surface area contributed by atoms with E-state index in [9.17, 15) is 4.79 Å². The van der Waals surface area contributed by atoms with Gasteiger partial charge in [0.15, 0.2) is 0 Å². The summed E-state index contributed by atoms with van der Waals surface area (Å²) >= 11 is 0. The molecule has 90 valence electrons. The molecule has 0 aliphatic carbocycles. The Kier molecular flexibility index (Phi) is 6.77. The minimum atomic E-state index is 0.0933. The normalized spacial score (nSPS) is 13.9. The van der Waals surface area contributed by atoms with Crippen molar-refractivity contribution in [3.8, 4) is 0 Å². The molecule has 0 bridgehead atoms. The molecule has 0 aliphatic heterocycles. The summed E-state index contributed by atoms with van der Waals surface area (Å²) < 4.78 is 4.95. The highest BCUT2D eigenvalue weighted by Crippen LogP contribution is 2.06. The smallest absolute Gasteiger partial charge is 0.137 e. The zero-order chi connectivity index (χ0) is 11.9. The number of ether oxygens (including phenoxy) is 1. The molecule has 0 aromatic rings. The first-order chi connectivity index (χ1) is 6.87. The second kappa shape index (κ2) is 6.96. The Morgan fingerprint density at radius 3 is 2.47 bits per heavy atom. The topological polar surface area (TPSA) is 38.3 Å². The molecular formula is C12H25NO2. The zero-order valence-electron chi connectivity index (χ0n) is 10.7.